The Morgan fingerprint density at radius 2 is 2.00 bits per heavy atom. The molecule has 0 spiro atoms. The van der Waals surface area contributed by atoms with Crippen LogP contribution in [0.1, 0.15) is 31.7 Å². The van der Waals surface area contributed by atoms with Gasteiger partial charge in [0.05, 0.1) is 16.5 Å². The van der Waals surface area contributed by atoms with E-state index < -0.39 is 38.6 Å². The minimum atomic E-state index is -4.82. The van der Waals surface area contributed by atoms with Crippen LogP contribution in [0.3, 0.4) is 0 Å². The van der Waals surface area contributed by atoms with E-state index in [4.69, 9.17) is 5.73 Å². The molecule has 1 fully saturated rings. The Hall–Kier alpha value is -1.65. The number of benzene rings is 1. The number of hydrogen-bond donors (Lipinski definition) is 2. The number of carbonyl (C=O) groups excluding carboxylic acids is 1. The van der Waals surface area contributed by atoms with Gasteiger partial charge in [-0.25, -0.2) is 8.42 Å². The molecule has 6 nitrogen and oxygen atoms in total. The summed E-state index contributed by atoms with van der Waals surface area (Å²) in [4.78, 5) is 13.2. The molecule has 0 aromatic heterocycles. The van der Waals surface area contributed by atoms with Crippen molar-refractivity contribution in [2.45, 2.75) is 49.3 Å². The highest BCUT2D eigenvalue weighted by Gasteiger charge is 2.38. The van der Waals surface area contributed by atoms with E-state index in [9.17, 15) is 26.4 Å². The summed E-state index contributed by atoms with van der Waals surface area (Å²) in [6.45, 7) is 2.02. The summed E-state index contributed by atoms with van der Waals surface area (Å²) in [5.41, 5.74) is 4.39. The third-order valence-corrected chi connectivity index (χ3v) is 5.97. The minimum absolute atomic E-state index is 0.189. The number of nitrogens with two attached hydrogens (primary N) is 1. The van der Waals surface area contributed by atoms with E-state index in [0.29, 0.717) is 12.6 Å². The summed E-state index contributed by atoms with van der Waals surface area (Å²) in [5, 5.41) is 0. The van der Waals surface area contributed by atoms with Crippen LogP contribution in [0, 0.1) is 0 Å². The van der Waals surface area contributed by atoms with E-state index in [1.54, 1.807) is 0 Å². The van der Waals surface area contributed by atoms with Gasteiger partial charge in [-0.1, -0.05) is 12.1 Å². The summed E-state index contributed by atoms with van der Waals surface area (Å²) < 4.78 is 66.2. The molecule has 146 valence electrons. The molecule has 26 heavy (non-hydrogen) atoms. The Morgan fingerprint density at radius 3 is 2.62 bits per heavy atom. The molecule has 0 saturated carbocycles. The molecule has 1 aliphatic rings. The molecule has 0 radical (unpaired) electrons. The molecule has 3 N–H and O–H groups in total. The highest BCUT2D eigenvalue weighted by Crippen LogP contribution is 2.34. The van der Waals surface area contributed by atoms with E-state index in [1.165, 1.54) is 17.9 Å². The Labute approximate surface area is 150 Å². The Bertz CT molecular complexity index is 753. The maximum atomic E-state index is 13.1. The molecule has 1 saturated heterocycles. The zero-order valence-corrected chi connectivity index (χ0v) is 15.1. The summed E-state index contributed by atoms with van der Waals surface area (Å²) in [6.07, 6.45) is -2.40. The van der Waals surface area contributed by atoms with Gasteiger partial charge in [-0.2, -0.15) is 17.9 Å². The molecule has 2 unspecified atom stereocenters. The van der Waals surface area contributed by atoms with Crippen LogP contribution < -0.4 is 10.5 Å². The largest absolute Gasteiger partial charge is 0.417 e. The number of nitrogens with one attached hydrogen (secondary N) is 1. The lowest BCUT2D eigenvalue weighted by Gasteiger charge is -2.36. The molecular weight excluding hydrogens is 371 g/mol. The first-order valence-corrected chi connectivity index (χ1v) is 9.75. The van der Waals surface area contributed by atoms with Crippen molar-refractivity contribution < 1.29 is 26.4 Å². The first-order chi connectivity index (χ1) is 12.1. The number of piperidine rings is 1. The van der Waals surface area contributed by atoms with Crippen molar-refractivity contribution in [1.82, 2.24) is 9.62 Å². The number of likely N-dealkylation sites (tertiary alicyclic amines) is 1. The number of rotatable bonds is 5. The van der Waals surface area contributed by atoms with Crippen LogP contribution in [-0.2, 0) is 21.0 Å². The van der Waals surface area contributed by atoms with Crippen molar-refractivity contribution in [2.75, 3.05) is 13.1 Å². The maximum Gasteiger partial charge on any atom is 0.417 e. The van der Waals surface area contributed by atoms with E-state index >= 15 is 0 Å². The summed E-state index contributed by atoms with van der Waals surface area (Å²) in [7, 11) is -4.53. The van der Waals surface area contributed by atoms with E-state index in [-0.39, 0.29) is 12.6 Å². The molecular formula is C16H22F3N3O3S. The lowest BCUT2D eigenvalue weighted by atomic mass is 10.0. The number of amides is 1. The van der Waals surface area contributed by atoms with Gasteiger partial charge in [-0.05, 0) is 38.3 Å². The zero-order valence-electron chi connectivity index (χ0n) is 14.3. The molecule has 0 bridgehead atoms. The number of nitrogens with zero attached hydrogens (tertiary/aromatic N) is 1. The molecule has 1 aromatic carbocycles. The number of hydrogen-bond acceptors (Lipinski definition) is 4. The number of sulfonamides is 1. The normalized spacial score (nSPS) is 20.0. The maximum absolute atomic E-state index is 13.1. The second kappa shape index (κ2) is 7.93. The van der Waals surface area contributed by atoms with Gasteiger partial charge in [0.25, 0.3) is 0 Å². The van der Waals surface area contributed by atoms with Crippen molar-refractivity contribution in [3.05, 3.63) is 29.8 Å². The van der Waals surface area contributed by atoms with Gasteiger partial charge < -0.3 is 10.6 Å². The summed E-state index contributed by atoms with van der Waals surface area (Å²) in [5.74, 6) is -0.492. The second-order valence-electron chi connectivity index (χ2n) is 6.25. The average Bonchev–Trinajstić information content (AvgIpc) is 2.60. The summed E-state index contributed by atoms with van der Waals surface area (Å²) >= 11 is 0. The predicted molar refractivity (Wildman–Crippen MR) is 89.6 cm³/mol. The predicted octanol–water partition coefficient (Wildman–Crippen LogP) is 1.71. The number of alkyl halides is 3. The standard InChI is InChI=1S/C16H22F3N3O3S/c1-11(15(23)22-9-5-4-6-12(22)10-20)21-26(24,25)14-8-3-2-7-13(14)16(17,18)19/h2-3,7-8,11-12,21H,4-6,9-10,20H2,1H3. The van der Waals surface area contributed by atoms with Crippen LogP contribution in [0.15, 0.2) is 29.2 Å². The Kier molecular flexibility index (Phi) is 6.30. The SMILES string of the molecule is CC(NS(=O)(=O)c1ccccc1C(F)(F)F)C(=O)N1CCCCC1CN. The topological polar surface area (TPSA) is 92.5 Å². The molecule has 1 heterocycles. The quantitative estimate of drug-likeness (QED) is 0.797. The fraction of sp³-hybridized carbons (Fsp3) is 0.562. The van der Waals surface area contributed by atoms with Crippen molar-refractivity contribution in [3.63, 3.8) is 0 Å². The fourth-order valence-corrected chi connectivity index (χ4v) is 4.49. The average molecular weight is 393 g/mol. The van der Waals surface area contributed by atoms with Crippen molar-refractivity contribution in [3.8, 4) is 0 Å². The number of halogens is 3. The Balaban J connectivity index is 2.23. The molecule has 10 heteroatoms. The minimum Gasteiger partial charge on any atom is -0.337 e. The molecule has 1 amide bonds. The monoisotopic (exact) mass is 393 g/mol. The van der Waals surface area contributed by atoms with Gasteiger partial charge in [-0.15, -0.1) is 0 Å². The number of carbonyl (C=O) groups is 1. The Morgan fingerprint density at radius 1 is 1.35 bits per heavy atom. The first kappa shape index (κ1) is 20.7. The van der Waals surface area contributed by atoms with Crippen LogP contribution in [0.5, 0.6) is 0 Å². The summed E-state index contributed by atoms with van der Waals surface area (Å²) in [6, 6.07) is 2.47. The third-order valence-electron chi connectivity index (χ3n) is 4.37. The van der Waals surface area contributed by atoms with Gasteiger partial charge in [0, 0.05) is 19.1 Å². The van der Waals surface area contributed by atoms with Crippen molar-refractivity contribution >= 4 is 15.9 Å². The van der Waals surface area contributed by atoms with E-state index in [1.807, 2.05) is 0 Å². The lowest BCUT2D eigenvalue weighted by Crippen LogP contribution is -2.54. The molecule has 2 atom stereocenters. The van der Waals surface area contributed by atoms with Gasteiger partial charge in [-0.3, -0.25) is 4.79 Å². The van der Waals surface area contributed by atoms with Gasteiger partial charge in [0.15, 0.2) is 0 Å². The van der Waals surface area contributed by atoms with Crippen LogP contribution in [0.4, 0.5) is 13.2 Å². The van der Waals surface area contributed by atoms with Crippen LogP contribution >= 0.6 is 0 Å². The van der Waals surface area contributed by atoms with E-state index in [0.717, 1.165) is 31.4 Å². The first-order valence-electron chi connectivity index (χ1n) is 8.27. The van der Waals surface area contributed by atoms with Crippen molar-refractivity contribution in [2.24, 2.45) is 5.73 Å². The van der Waals surface area contributed by atoms with Crippen molar-refractivity contribution in [1.29, 1.82) is 0 Å². The fourth-order valence-electron chi connectivity index (χ4n) is 3.07. The van der Waals surface area contributed by atoms with Crippen LogP contribution in [0.25, 0.3) is 0 Å². The van der Waals surface area contributed by atoms with Gasteiger partial charge in [0.1, 0.15) is 0 Å². The second-order valence-corrected chi connectivity index (χ2v) is 7.94. The molecule has 1 aromatic rings. The highest BCUT2D eigenvalue weighted by molar-refractivity contribution is 7.89. The molecule has 1 aliphatic heterocycles. The van der Waals surface area contributed by atoms with Gasteiger partial charge >= 0.3 is 6.18 Å². The van der Waals surface area contributed by atoms with Gasteiger partial charge in [0.2, 0.25) is 15.9 Å². The molecule has 2 rings (SSSR count). The highest BCUT2D eigenvalue weighted by atomic mass is 32.2. The van der Waals surface area contributed by atoms with E-state index in [2.05, 4.69) is 4.72 Å². The van der Waals surface area contributed by atoms with Crippen LogP contribution in [-0.4, -0.2) is 44.4 Å². The lowest BCUT2D eigenvalue weighted by molar-refractivity contribution is -0.139. The third kappa shape index (κ3) is 4.54. The molecule has 0 aliphatic carbocycles. The van der Waals surface area contributed by atoms with Crippen LogP contribution in [0.2, 0.25) is 0 Å². The smallest absolute Gasteiger partial charge is 0.337 e. The zero-order chi connectivity index (χ0) is 19.5.